The molecule has 0 radical (unpaired) electrons. The molecule has 188 valence electrons. The first-order valence-corrected chi connectivity index (χ1v) is 12.9. The van der Waals surface area contributed by atoms with Gasteiger partial charge in [-0.25, -0.2) is 4.98 Å². The normalized spacial score (nSPS) is 22.9. The number of rotatable bonds is 7. The van der Waals surface area contributed by atoms with Crippen LogP contribution in [0.2, 0.25) is 0 Å². The van der Waals surface area contributed by atoms with Gasteiger partial charge in [0.25, 0.3) is 0 Å². The van der Waals surface area contributed by atoms with E-state index >= 15 is 0 Å². The van der Waals surface area contributed by atoms with Crippen LogP contribution in [0, 0.1) is 5.92 Å². The predicted octanol–water partition coefficient (Wildman–Crippen LogP) is 2.58. The first-order valence-electron chi connectivity index (χ1n) is 12.9. The average molecular weight is 472 g/mol. The summed E-state index contributed by atoms with van der Waals surface area (Å²) in [4.78, 5) is 42.9. The Bertz CT molecular complexity index is 878. The summed E-state index contributed by atoms with van der Waals surface area (Å²) in [5, 5.41) is 3.54. The number of carbonyl (C=O) groups is 2. The lowest BCUT2D eigenvalue weighted by Gasteiger charge is -2.43. The number of likely N-dealkylation sites (N-methyl/N-ethyl adjacent to an activating group) is 2. The number of nitrogens with one attached hydrogen (secondary N) is 1. The molecule has 2 fully saturated rings. The smallest absolute Gasteiger partial charge is 0.249 e. The van der Waals surface area contributed by atoms with E-state index in [9.17, 15) is 9.59 Å². The molecule has 1 aromatic heterocycles. The second kappa shape index (κ2) is 10.5. The van der Waals surface area contributed by atoms with E-state index in [4.69, 9.17) is 4.98 Å². The minimum atomic E-state index is -0.162. The van der Waals surface area contributed by atoms with Gasteiger partial charge in [0.2, 0.25) is 17.8 Å². The van der Waals surface area contributed by atoms with Crippen LogP contribution in [-0.4, -0.2) is 90.5 Å². The van der Waals surface area contributed by atoms with Gasteiger partial charge in [0, 0.05) is 32.2 Å². The van der Waals surface area contributed by atoms with Gasteiger partial charge in [-0.3, -0.25) is 9.59 Å². The molecule has 3 heterocycles. The molecule has 4 rings (SSSR count). The number of amides is 2. The molecule has 2 amide bonds. The van der Waals surface area contributed by atoms with Crippen molar-refractivity contribution in [2.24, 2.45) is 5.92 Å². The molecule has 1 aliphatic carbocycles. The Hall–Kier alpha value is -2.42. The van der Waals surface area contributed by atoms with Gasteiger partial charge in [-0.15, -0.1) is 0 Å². The number of likely N-dealkylation sites (tertiary alicyclic amines) is 1. The van der Waals surface area contributed by atoms with Crippen LogP contribution in [0.4, 0.5) is 17.5 Å². The highest BCUT2D eigenvalue weighted by Gasteiger charge is 2.41. The fourth-order valence-electron chi connectivity index (χ4n) is 5.79. The standard InChI is InChI=1S/C25H41N7O2/c1-6-20-24(34)30(5)21-15-26-25(28-23(21)32(20)19-9-7-8-10-19)27-17(2)18-11-13-31(14-12-18)22(33)16-29(3)4/h15,17-20H,6-14,16H2,1-5H3,(H,26,27,28)/t17-,20+/m0/s1. The number of aromatic nitrogens is 2. The van der Waals surface area contributed by atoms with Crippen LogP contribution in [-0.2, 0) is 9.59 Å². The van der Waals surface area contributed by atoms with Crippen LogP contribution in [0.3, 0.4) is 0 Å². The van der Waals surface area contributed by atoms with Gasteiger partial charge in [0.05, 0.1) is 12.7 Å². The van der Waals surface area contributed by atoms with E-state index < -0.39 is 0 Å². The molecule has 1 saturated carbocycles. The molecule has 0 unspecified atom stereocenters. The van der Waals surface area contributed by atoms with Crippen molar-refractivity contribution in [3.63, 3.8) is 0 Å². The second-order valence-corrected chi connectivity index (χ2v) is 10.5. The Labute approximate surface area is 203 Å². The minimum Gasteiger partial charge on any atom is -0.351 e. The summed E-state index contributed by atoms with van der Waals surface area (Å²) in [5.41, 5.74) is 0.799. The van der Waals surface area contributed by atoms with Crippen molar-refractivity contribution in [1.82, 2.24) is 19.8 Å². The third-order valence-corrected chi connectivity index (χ3v) is 7.82. The van der Waals surface area contributed by atoms with Gasteiger partial charge in [-0.2, -0.15) is 4.98 Å². The molecule has 9 nitrogen and oxygen atoms in total. The van der Waals surface area contributed by atoms with Gasteiger partial charge in [-0.05, 0) is 59.0 Å². The Morgan fingerprint density at radius 1 is 1.21 bits per heavy atom. The fraction of sp³-hybridized carbons (Fsp3) is 0.760. The number of anilines is 3. The van der Waals surface area contributed by atoms with Crippen molar-refractivity contribution >= 4 is 29.3 Å². The Morgan fingerprint density at radius 3 is 2.50 bits per heavy atom. The first kappa shape index (κ1) is 24.7. The molecular weight excluding hydrogens is 430 g/mol. The maximum Gasteiger partial charge on any atom is 0.249 e. The van der Waals surface area contributed by atoms with Gasteiger partial charge in [-0.1, -0.05) is 19.8 Å². The monoisotopic (exact) mass is 471 g/mol. The molecule has 2 aliphatic heterocycles. The lowest BCUT2D eigenvalue weighted by Crippen LogP contribution is -2.55. The summed E-state index contributed by atoms with van der Waals surface area (Å²) < 4.78 is 0. The molecule has 0 bridgehead atoms. The van der Waals surface area contributed by atoms with Crippen LogP contribution in [0.15, 0.2) is 6.20 Å². The first-order chi connectivity index (χ1) is 16.3. The molecule has 34 heavy (non-hydrogen) atoms. The SMILES string of the molecule is CC[C@@H]1C(=O)N(C)c2cnc(N[C@@H](C)C3CCN(C(=O)CN(C)C)CC3)nc2N1C1CCCC1. The maximum absolute atomic E-state index is 13.1. The highest BCUT2D eigenvalue weighted by atomic mass is 16.2. The third kappa shape index (κ3) is 4.99. The summed E-state index contributed by atoms with van der Waals surface area (Å²) in [6.45, 7) is 6.34. The van der Waals surface area contributed by atoms with E-state index in [0.717, 1.165) is 56.7 Å². The maximum atomic E-state index is 13.1. The zero-order valence-corrected chi connectivity index (χ0v) is 21.5. The van der Waals surface area contributed by atoms with Crippen molar-refractivity contribution in [2.45, 2.75) is 76.9 Å². The molecule has 3 aliphatic rings. The van der Waals surface area contributed by atoms with Crippen molar-refractivity contribution in [2.75, 3.05) is 55.9 Å². The molecule has 9 heteroatoms. The molecule has 1 aromatic rings. The van der Waals surface area contributed by atoms with E-state index in [0.29, 0.717) is 24.5 Å². The molecule has 1 N–H and O–H groups in total. The van der Waals surface area contributed by atoms with Crippen molar-refractivity contribution in [3.8, 4) is 0 Å². The van der Waals surface area contributed by atoms with Gasteiger partial charge in [0.1, 0.15) is 11.7 Å². The van der Waals surface area contributed by atoms with E-state index in [2.05, 4.69) is 29.0 Å². The number of piperidine rings is 1. The number of nitrogens with zero attached hydrogens (tertiary/aromatic N) is 6. The van der Waals surface area contributed by atoms with Crippen LogP contribution >= 0.6 is 0 Å². The van der Waals surface area contributed by atoms with Crippen LogP contribution in [0.25, 0.3) is 0 Å². The van der Waals surface area contributed by atoms with Crippen LogP contribution in [0.1, 0.15) is 58.8 Å². The fourth-order valence-corrected chi connectivity index (χ4v) is 5.79. The molecular formula is C25H41N7O2. The lowest BCUT2D eigenvalue weighted by molar-refractivity contribution is -0.133. The number of hydrogen-bond donors (Lipinski definition) is 1. The highest BCUT2D eigenvalue weighted by molar-refractivity contribution is 6.04. The predicted molar refractivity (Wildman–Crippen MR) is 135 cm³/mol. The van der Waals surface area contributed by atoms with Crippen molar-refractivity contribution in [1.29, 1.82) is 0 Å². The van der Waals surface area contributed by atoms with Gasteiger partial charge in [0.15, 0.2) is 5.82 Å². The Balaban J connectivity index is 1.46. The second-order valence-electron chi connectivity index (χ2n) is 10.5. The van der Waals surface area contributed by atoms with Crippen molar-refractivity contribution in [3.05, 3.63) is 6.20 Å². The van der Waals surface area contributed by atoms with Gasteiger partial charge >= 0.3 is 0 Å². The Morgan fingerprint density at radius 2 is 1.88 bits per heavy atom. The van der Waals surface area contributed by atoms with Gasteiger partial charge < -0.3 is 24.9 Å². The lowest BCUT2D eigenvalue weighted by atomic mass is 9.90. The Kier molecular flexibility index (Phi) is 7.60. The summed E-state index contributed by atoms with van der Waals surface area (Å²) in [7, 11) is 5.69. The van der Waals surface area contributed by atoms with E-state index in [1.807, 2.05) is 30.9 Å². The summed E-state index contributed by atoms with van der Waals surface area (Å²) >= 11 is 0. The van der Waals surface area contributed by atoms with Crippen molar-refractivity contribution < 1.29 is 9.59 Å². The molecule has 1 saturated heterocycles. The number of hydrogen-bond acceptors (Lipinski definition) is 7. The molecule has 0 aromatic carbocycles. The highest BCUT2D eigenvalue weighted by Crippen LogP contribution is 2.40. The van der Waals surface area contributed by atoms with E-state index in [-0.39, 0.29) is 23.9 Å². The zero-order valence-electron chi connectivity index (χ0n) is 21.5. The number of carbonyl (C=O) groups excluding carboxylic acids is 2. The van der Waals surface area contributed by atoms with Crippen LogP contribution in [0.5, 0.6) is 0 Å². The quantitative estimate of drug-likeness (QED) is 0.654. The summed E-state index contributed by atoms with van der Waals surface area (Å²) in [6.07, 6.45) is 9.16. The number of fused-ring (bicyclic) bond motifs is 1. The summed E-state index contributed by atoms with van der Waals surface area (Å²) in [5.74, 6) is 2.31. The van der Waals surface area contributed by atoms with Crippen LogP contribution < -0.4 is 15.1 Å². The molecule has 2 atom stereocenters. The third-order valence-electron chi connectivity index (χ3n) is 7.82. The minimum absolute atomic E-state index is 0.134. The topological polar surface area (TPSA) is 84.9 Å². The largest absolute Gasteiger partial charge is 0.351 e. The summed E-state index contributed by atoms with van der Waals surface area (Å²) in [6, 6.07) is 0.407. The molecule has 0 spiro atoms. The van der Waals surface area contributed by atoms with E-state index in [1.54, 1.807) is 11.1 Å². The average Bonchev–Trinajstić information content (AvgIpc) is 3.35. The zero-order chi connectivity index (χ0) is 24.4. The van der Waals surface area contributed by atoms with E-state index in [1.165, 1.54) is 12.8 Å².